The van der Waals surface area contributed by atoms with E-state index in [4.69, 9.17) is 0 Å². The van der Waals surface area contributed by atoms with Crippen LogP contribution in [0.2, 0.25) is 0 Å². The van der Waals surface area contributed by atoms with Crippen LogP contribution < -0.4 is 5.32 Å². The second-order valence-electron chi connectivity index (χ2n) is 5.29. The fourth-order valence-corrected chi connectivity index (χ4v) is 2.49. The van der Waals surface area contributed by atoms with E-state index in [-0.39, 0.29) is 12.1 Å². The highest BCUT2D eigenvalue weighted by Gasteiger charge is 2.46. The van der Waals surface area contributed by atoms with Gasteiger partial charge in [0.1, 0.15) is 5.54 Å². The smallest absolute Gasteiger partial charge is 0.329 e. The number of aromatic nitrogens is 1. The zero-order valence-electron chi connectivity index (χ0n) is 11.7. The van der Waals surface area contributed by atoms with Crippen molar-refractivity contribution >= 4 is 12.0 Å². The number of carboxylic acid groups (broad SMARTS) is 1. The van der Waals surface area contributed by atoms with E-state index in [1.807, 2.05) is 13.0 Å². The lowest BCUT2D eigenvalue weighted by Crippen LogP contribution is -2.54. The van der Waals surface area contributed by atoms with Crippen molar-refractivity contribution in [3.63, 3.8) is 0 Å². The van der Waals surface area contributed by atoms with Crippen molar-refractivity contribution in [2.45, 2.75) is 38.3 Å². The third-order valence-corrected chi connectivity index (χ3v) is 3.87. The second-order valence-corrected chi connectivity index (χ2v) is 5.29. The van der Waals surface area contributed by atoms with E-state index < -0.39 is 11.5 Å². The maximum absolute atomic E-state index is 12.3. The summed E-state index contributed by atoms with van der Waals surface area (Å²) in [4.78, 5) is 29.1. The molecule has 0 radical (unpaired) electrons. The van der Waals surface area contributed by atoms with Crippen LogP contribution in [0.1, 0.15) is 38.3 Å². The molecule has 6 heteroatoms. The molecule has 6 nitrogen and oxygen atoms in total. The molecule has 0 spiro atoms. The molecule has 1 fully saturated rings. The molecule has 2 N–H and O–H groups in total. The predicted molar refractivity (Wildman–Crippen MR) is 73.2 cm³/mol. The van der Waals surface area contributed by atoms with Gasteiger partial charge in [-0.2, -0.15) is 0 Å². The Kier molecular flexibility index (Phi) is 3.92. The largest absolute Gasteiger partial charge is 0.480 e. The average Bonchev–Trinajstić information content (AvgIpc) is 2.83. The molecule has 1 aromatic rings. The van der Waals surface area contributed by atoms with Crippen molar-refractivity contribution in [2.75, 3.05) is 6.54 Å². The van der Waals surface area contributed by atoms with Gasteiger partial charge >= 0.3 is 12.0 Å². The van der Waals surface area contributed by atoms with Gasteiger partial charge in [0.05, 0.1) is 6.04 Å². The van der Waals surface area contributed by atoms with Crippen LogP contribution in [0.3, 0.4) is 0 Å². The SMILES string of the molecule is CC(NC(=O)N1CCCC1(C)C(=O)O)c1cccnc1. The molecule has 0 saturated carbocycles. The van der Waals surface area contributed by atoms with Crippen LogP contribution in [0.25, 0.3) is 0 Å². The molecule has 1 aliphatic rings. The average molecular weight is 277 g/mol. The van der Waals surface area contributed by atoms with Gasteiger partial charge < -0.3 is 15.3 Å². The van der Waals surface area contributed by atoms with Gasteiger partial charge in [-0.3, -0.25) is 4.98 Å². The van der Waals surface area contributed by atoms with Crippen LogP contribution in [0.15, 0.2) is 24.5 Å². The lowest BCUT2D eigenvalue weighted by atomic mass is 10.00. The molecule has 1 aromatic heterocycles. The zero-order chi connectivity index (χ0) is 14.8. The van der Waals surface area contributed by atoms with Gasteiger partial charge in [-0.1, -0.05) is 6.07 Å². The molecule has 2 atom stereocenters. The molecule has 0 aromatic carbocycles. The molecule has 2 rings (SSSR count). The first-order chi connectivity index (χ1) is 9.45. The number of likely N-dealkylation sites (tertiary alicyclic amines) is 1. The standard InChI is InChI=1S/C14H19N3O3/c1-10(11-5-3-7-15-9-11)16-13(20)17-8-4-6-14(17,2)12(18)19/h3,5,7,9-10H,4,6,8H2,1-2H3,(H,16,20)(H,18,19). The minimum absolute atomic E-state index is 0.213. The van der Waals surface area contributed by atoms with Gasteiger partial charge in [0.2, 0.25) is 0 Å². The first-order valence-corrected chi connectivity index (χ1v) is 6.66. The van der Waals surface area contributed by atoms with Gasteiger partial charge in [0.25, 0.3) is 0 Å². The molecule has 0 bridgehead atoms. The van der Waals surface area contributed by atoms with E-state index in [2.05, 4.69) is 10.3 Å². The fourth-order valence-electron chi connectivity index (χ4n) is 2.49. The van der Waals surface area contributed by atoms with Gasteiger partial charge in [0, 0.05) is 18.9 Å². The van der Waals surface area contributed by atoms with Crippen molar-refractivity contribution in [1.29, 1.82) is 0 Å². The minimum atomic E-state index is -1.11. The van der Waals surface area contributed by atoms with Gasteiger partial charge in [0.15, 0.2) is 0 Å². The van der Waals surface area contributed by atoms with E-state index in [0.29, 0.717) is 19.4 Å². The van der Waals surface area contributed by atoms with E-state index in [0.717, 1.165) is 5.56 Å². The van der Waals surface area contributed by atoms with Crippen LogP contribution in [0.5, 0.6) is 0 Å². The number of amides is 2. The molecule has 2 unspecified atom stereocenters. The number of carbonyl (C=O) groups excluding carboxylic acids is 1. The van der Waals surface area contributed by atoms with Gasteiger partial charge in [-0.05, 0) is 38.3 Å². The summed E-state index contributed by atoms with van der Waals surface area (Å²) in [7, 11) is 0. The monoisotopic (exact) mass is 277 g/mol. The number of aliphatic carboxylic acids is 1. The maximum atomic E-state index is 12.3. The quantitative estimate of drug-likeness (QED) is 0.882. The Morgan fingerprint density at radius 2 is 2.30 bits per heavy atom. The number of carbonyl (C=O) groups is 2. The normalized spacial score (nSPS) is 23.4. The number of rotatable bonds is 3. The summed E-state index contributed by atoms with van der Waals surface area (Å²) in [5.41, 5.74) is -0.226. The van der Waals surface area contributed by atoms with Crippen molar-refractivity contribution in [3.8, 4) is 0 Å². The highest BCUT2D eigenvalue weighted by Crippen LogP contribution is 2.29. The highest BCUT2D eigenvalue weighted by molar-refractivity contribution is 5.86. The summed E-state index contributed by atoms with van der Waals surface area (Å²) < 4.78 is 0. The van der Waals surface area contributed by atoms with Gasteiger partial charge in [-0.25, -0.2) is 9.59 Å². The highest BCUT2D eigenvalue weighted by atomic mass is 16.4. The summed E-state index contributed by atoms with van der Waals surface area (Å²) in [6.07, 6.45) is 4.54. The summed E-state index contributed by atoms with van der Waals surface area (Å²) in [5.74, 6) is -0.959. The van der Waals surface area contributed by atoms with Gasteiger partial charge in [-0.15, -0.1) is 0 Å². The third-order valence-electron chi connectivity index (χ3n) is 3.87. The molecule has 2 heterocycles. The Labute approximate surface area is 117 Å². The van der Waals surface area contributed by atoms with Crippen molar-refractivity contribution in [2.24, 2.45) is 0 Å². The molecule has 108 valence electrons. The Morgan fingerprint density at radius 1 is 1.55 bits per heavy atom. The van der Waals surface area contributed by atoms with Crippen molar-refractivity contribution < 1.29 is 14.7 Å². The van der Waals surface area contributed by atoms with Crippen LogP contribution in [0.4, 0.5) is 4.79 Å². The molecule has 1 saturated heterocycles. The molecular formula is C14H19N3O3. The molecule has 20 heavy (non-hydrogen) atoms. The Balaban J connectivity index is 2.07. The summed E-state index contributed by atoms with van der Waals surface area (Å²) in [6.45, 7) is 3.91. The van der Waals surface area contributed by atoms with E-state index >= 15 is 0 Å². The second kappa shape index (κ2) is 5.48. The predicted octanol–water partition coefficient (Wildman–Crippen LogP) is 1.79. The Bertz CT molecular complexity index is 506. The molecule has 1 aliphatic heterocycles. The Morgan fingerprint density at radius 3 is 2.90 bits per heavy atom. The van der Waals surface area contributed by atoms with E-state index in [1.54, 1.807) is 25.4 Å². The van der Waals surface area contributed by atoms with Crippen LogP contribution in [-0.2, 0) is 4.79 Å². The lowest BCUT2D eigenvalue weighted by Gasteiger charge is -2.32. The number of nitrogens with one attached hydrogen (secondary N) is 1. The molecule has 2 amide bonds. The number of hydrogen-bond donors (Lipinski definition) is 2. The first-order valence-electron chi connectivity index (χ1n) is 6.66. The Hall–Kier alpha value is -2.11. The lowest BCUT2D eigenvalue weighted by molar-refractivity contribution is -0.147. The third kappa shape index (κ3) is 2.59. The minimum Gasteiger partial charge on any atom is -0.480 e. The molecule has 0 aliphatic carbocycles. The van der Waals surface area contributed by atoms with E-state index in [1.165, 1.54) is 4.90 Å². The van der Waals surface area contributed by atoms with Crippen molar-refractivity contribution in [1.82, 2.24) is 15.2 Å². The number of urea groups is 1. The zero-order valence-corrected chi connectivity index (χ0v) is 11.7. The number of nitrogens with zero attached hydrogens (tertiary/aromatic N) is 2. The topological polar surface area (TPSA) is 82.5 Å². The summed E-state index contributed by atoms with van der Waals surface area (Å²) >= 11 is 0. The van der Waals surface area contributed by atoms with Crippen LogP contribution >= 0.6 is 0 Å². The number of carboxylic acids is 1. The fraction of sp³-hybridized carbons (Fsp3) is 0.500. The molecular weight excluding hydrogens is 258 g/mol. The van der Waals surface area contributed by atoms with E-state index in [9.17, 15) is 14.7 Å². The maximum Gasteiger partial charge on any atom is 0.329 e. The van der Waals surface area contributed by atoms with Crippen molar-refractivity contribution in [3.05, 3.63) is 30.1 Å². The number of hydrogen-bond acceptors (Lipinski definition) is 3. The number of pyridine rings is 1. The van der Waals surface area contributed by atoms with Crippen LogP contribution in [-0.4, -0.2) is 39.1 Å². The summed E-state index contributed by atoms with van der Waals surface area (Å²) in [5, 5.41) is 12.1. The first kappa shape index (κ1) is 14.3. The summed E-state index contributed by atoms with van der Waals surface area (Å²) in [6, 6.07) is 3.12. The van der Waals surface area contributed by atoms with Crippen LogP contribution in [0, 0.1) is 0 Å².